The van der Waals surface area contributed by atoms with Crippen LogP contribution in [-0.4, -0.2) is 5.97 Å². The highest BCUT2D eigenvalue weighted by Crippen LogP contribution is 2.45. The first-order valence-corrected chi connectivity index (χ1v) is 17.0. The van der Waals surface area contributed by atoms with Gasteiger partial charge in [0.25, 0.3) is 0 Å². The van der Waals surface area contributed by atoms with Crippen molar-refractivity contribution in [2.75, 3.05) is 0 Å². The van der Waals surface area contributed by atoms with Gasteiger partial charge < -0.3 is 4.74 Å². The van der Waals surface area contributed by atoms with Gasteiger partial charge in [0.1, 0.15) is 5.75 Å². The lowest BCUT2D eigenvalue weighted by Crippen LogP contribution is -2.21. The zero-order valence-corrected chi connectivity index (χ0v) is 26.5. The lowest BCUT2D eigenvalue weighted by Gasteiger charge is -2.32. The van der Waals surface area contributed by atoms with Crippen LogP contribution in [0.25, 0.3) is 0 Å². The quantitative estimate of drug-likeness (QED) is 0.207. The van der Waals surface area contributed by atoms with Gasteiger partial charge in [-0.25, -0.2) is 4.79 Å². The molecule has 0 radical (unpaired) electrons. The van der Waals surface area contributed by atoms with Crippen LogP contribution >= 0.6 is 12.6 Å². The molecular formula is C37H52O2S. The molecule has 3 aliphatic carbocycles. The number of hydrogen-bond acceptors (Lipinski definition) is 3. The van der Waals surface area contributed by atoms with Crippen LogP contribution in [0.3, 0.4) is 0 Å². The van der Waals surface area contributed by atoms with Gasteiger partial charge in [-0.15, -0.1) is 12.6 Å². The second-order valence-electron chi connectivity index (χ2n) is 13.7. The van der Waals surface area contributed by atoms with Gasteiger partial charge in [-0.2, -0.15) is 0 Å². The van der Waals surface area contributed by atoms with Gasteiger partial charge in [0.15, 0.2) is 0 Å². The van der Waals surface area contributed by atoms with Gasteiger partial charge >= 0.3 is 5.97 Å². The fraction of sp³-hybridized carbons (Fsp3) is 0.649. The largest absolute Gasteiger partial charge is 0.423 e. The summed E-state index contributed by atoms with van der Waals surface area (Å²) in [6.07, 6.45) is 19.1. The highest BCUT2D eigenvalue weighted by atomic mass is 32.1. The van der Waals surface area contributed by atoms with Crippen molar-refractivity contribution in [3.05, 3.63) is 57.6 Å². The first-order valence-electron chi connectivity index (χ1n) is 16.6. The standard InChI is InChI=1S/C37H52O2S/c1-24(2)31-22-30(23-32(25(3)4)36(31)40)39-37(38)35-33(27-16-10-6-11-17-27)20-29(26-14-8-5-9-15-26)21-34(35)28-18-12-7-13-19-28/h20-28,40H,5-19H2,1-4H3. The van der Waals surface area contributed by atoms with Gasteiger partial charge in [0.2, 0.25) is 0 Å². The van der Waals surface area contributed by atoms with Crippen LogP contribution in [0.15, 0.2) is 29.2 Å². The summed E-state index contributed by atoms with van der Waals surface area (Å²) < 4.78 is 6.41. The lowest BCUT2D eigenvalue weighted by atomic mass is 9.73. The van der Waals surface area contributed by atoms with E-state index in [2.05, 4.69) is 52.0 Å². The van der Waals surface area contributed by atoms with E-state index in [-0.39, 0.29) is 5.97 Å². The molecule has 0 unspecified atom stereocenters. The second-order valence-corrected chi connectivity index (χ2v) is 14.2. The topological polar surface area (TPSA) is 26.3 Å². The van der Waals surface area contributed by atoms with Crippen LogP contribution in [0.2, 0.25) is 0 Å². The van der Waals surface area contributed by atoms with Crippen LogP contribution in [0.1, 0.15) is 192 Å². The third kappa shape index (κ3) is 6.66. The van der Waals surface area contributed by atoms with Crippen molar-refractivity contribution >= 4 is 18.6 Å². The molecule has 3 aliphatic rings. The summed E-state index contributed by atoms with van der Waals surface area (Å²) in [4.78, 5) is 15.5. The number of hydrogen-bond donors (Lipinski definition) is 1. The maximum atomic E-state index is 14.4. The normalized spacial score (nSPS) is 19.9. The molecule has 3 saturated carbocycles. The summed E-state index contributed by atoms with van der Waals surface area (Å²) in [5, 5.41) is 0. The van der Waals surface area contributed by atoms with Crippen molar-refractivity contribution in [1.82, 2.24) is 0 Å². The van der Waals surface area contributed by atoms with E-state index in [1.807, 2.05) is 0 Å². The van der Waals surface area contributed by atoms with E-state index < -0.39 is 0 Å². The van der Waals surface area contributed by atoms with E-state index in [1.54, 1.807) is 0 Å². The molecule has 3 fully saturated rings. The van der Waals surface area contributed by atoms with Crippen LogP contribution in [0, 0.1) is 0 Å². The highest BCUT2D eigenvalue weighted by Gasteiger charge is 2.31. The molecule has 0 bridgehead atoms. The number of ether oxygens (including phenoxy) is 1. The summed E-state index contributed by atoms with van der Waals surface area (Å²) >= 11 is 4.89. The Bertz CT molecular complexity index is 1090. The average molecular weight is 561 g/mol. The van der Waals surface area contributed by atoms with Crippen LogP contribution in [-0.2, 0) is 0 Å². The number of benzene rings is 2. The maximum absolute atomic E-state index is 14.4. The Morgan fingerprint density at radius 3 is 1.45 bits per heavy atom. The number of thiol groups is 1. The minimum absolute atomic E-state index is 0.132. The minimum Gasteiger partial charge on any atom is -0.423 e. The van der Waals surface area contributed by atoms with Gasteiger partial charge in [0, 0.05) is 4.90 Å². The predicted molar refractivity (Wildman–Crippen MR) is 171 cm³/mol. The Morgan fingerprint density at radius 1 is 0.650 bits per heavy atom. The van der Waals surface area contributed by atoms with Crippen molar-refractivity contribution in [3.63, 3.8) is 0 Å². The summed E-state index contributed by atoms with van der Waals surface area (Å²) in [6.45, 7) is 8.77. The number of esters is 1. The molecule has 40 heavy (non-hydrogen) atoms. The molecule has 2 nitrogen and oxygen atoms in total. The summed E-state index contributed by atoms with van der Waals surface area (Å²) in [5.41, 5.74) is 7.38. The van der Waals surface area contributed by atoms with Gasteiger partial charge in [-0.05, 0) is 108 Å². The SMILES string of the molecule is CC(C)c1cc(OC(=O)c2c(C3CCCCC3)cc(C3CCCCC3)cc2C2CCCCC2)cc(C(C)C)c1S. The molecule has 2 aromatic carbocycles. The molecule has 3 heteroatoms. The molecule has 0 saturated heterocycles. The Morgan fingerprint density at radius 2 is 1.05 bits per heavy atom. The molecule has 0 atom stereocenters. The van der Waals surface area contributed by atoms with Crippen LogP contribution < -0.4 is 4.74 Å². The summed E-state index contributed by atoms with van der Waals surface area (Å²) in [6, 6.07) is 9.08. The Labute approximate surface area is 249 Å². The third-order valence-corrected chi connectivity index (χ3v) is 10.7. The van der Waals surface area contributed by atoms with Crippen molar-refractivity contribution in [2.45, 2.75) is 158 Å². The van der Waals surface area contributed by atoms with Crippen molar-refractivity contribution in [2.24, 2.45) is 0 Å². The molecule has 0 aromatic heterocycles. The monoisotopic (exact) mass is 560 g/mol. The van der Waals surface area contributed by atoms with Crippen molar-refractivity contribution in [1.29, 1.82) is 0 Å². The van der Waals surface area contributed by atoms with E-state index in [1.165, 1.54) is 113 Å². The fourth-order valence-electron chi connectivity index (χ4n) is 7.84. The van der Waals surface area contributed by atoms with Gasteiger partial charge in [-0.1, -0.05) is 97.6 Å². The van der Waals surface area contributed by atoms with Gasteiger partial charge in [0.05, 0.1) is 5.56 Å². The Balaban J connectivity index is 1.61. The minimum atomic E-state index is -0.132. The van der Waals surface area contributed by atoms with E-state index >= 15 is 0 Å². The molecule has 0 heterocycles. The van der Waals surface area contributed by atoms with E-state index in [0.29, 0.717) is 35.3 Å². The fourth-order valence-corrected chi connectivity index (χ4v) is 8.48. The first-order chi connectivity index (χ1) is 19.3. The van der Waals surface area contributed by atoms with Crippen molar-refractivity contribution < 1.29 is 9.53 Å². The van der Waals surface area contributed by atoms with Gasteiger partial charge in [-0.3, -0.25) is 0 Å². The van der Waals surface area contributed by atoms with Crippen LogP contribution in [0.5, 0.6) is 5.75 Å². The van der Waals surface area contributed by atoms with E-state index in [0.717, 1.165) is 21.6 Å². The number of carbonyl (C=O) groups excluding carboxylic acids is 1. The molecule has 0 amide bonds. The molecule has 0 aliphatic heterocycles. The molecule has 0 spiro atoms. The summed E-state index contributed by atoms with van der Waals surface area (Å²) in [5.74, 6) is 2.76. The molecule has 2 aromatic rings. The maximum Gasteiger partial charge on any atom is 0.344 e. The zero-order valence-electron chi connectivity index (χ0n) is 25.6. The second kappa shape index (κ2) is 13.5. The molecular weight excluding hydrogens is 508 g/mol. The molecule has 5 rings (SSSR count). The smallest absolute Gasteiger partial charge is 0.344 e. The predicted octanol–water partition coefficient (Wildman–Crippen LogP) is 11.6. The lowest BCUT2D eigenvalue weighted by molar-refractivity contribution is 0.0730. The summed E-state index contributed by atoms with van der Waals surface area (Å²) in [7, 11) is 0. The van der Waals surface area contributed by atoms with E-state index in [4.69, 9.17) is 17.4 Å². The molecule has 0 N–H and O–H groups in total. The van der Waals surface area contributed by atoms with Crippen molar-refractivity contribution in [3.8, 4) is 5.75 Å². The van der Waals surface area contributed by atoms with Crippen LogP contribution in [0.4, 0.5) is 0 Å². The zero-order chi connectivity index (χ0) is 28.2. The molecule has 218 valence electrons. The Kier molecular flexibility index (Phi) is 10.0. The number of carbonyl (C=O) groups is 1. The Hall–Kier alpha value is -1.74. The average Bonchev–Trinajstić information content (AvgIpc) is 2.98. The third-order valence-electron chi connectivity index (χ3n) is 10.2. The number of rotatable bonds is 7. The highest BCUT2D eigenvalue weighted by molar-refractivity contribution is 7.80. The van der Waals surface area contributed by atoms with E-state index in [9.17, 15) is 4.79 Å². The first kappa shape index (κ1) is 29.7.